The highest BCUT2D eigenvalue weighted by Gasteiger charge is 2.75. The molecule has 0 radical (unpaired) electrons. The first-order chi connectivity index (χ1) is 19.1. The molecule has 0 bridgehead atoms. The number of carboxylic acid groups (broad SMARTS) is 1. The van der Waals surface area contributed by atoms with E-state index in [0.29, 0.717) is 28.6 Å². The molecular weight excluding hydrogens is 549 g/mol. The van der Waals surface area contributed by atoms with Gasteiger partial charge in [0.1, 0.15) is 17.8 Å². The molecule has 4 atom stereocenters. The quantitative estimate of drug-likeness (QED) is 0.366. The number of aliphatic imine (C=N–C) groups is 1. The number of aromatic nitrogens is 1. The van der Waals surface area contributed by atoms with E-state index in [9.17, 15) is 27.9 Å². The largest absolute Gasteiger partial charge is 0.481 e. The molecule has 1 saturated heterocycles. The number of nitrogens with zero attached hydrogens (tertiary/aromatic N) is 3. The Morgan fingerprint density at radius 3 is 2.85 bits per heavy atom. The Bertz CT molecular complexity index is 1420. The van der Waals surface area contributed by atoms with E-state index in [2.05, 4.69) is 16.2 Å². The van der Waals surface area contributed by atoms with E-state index in [4.69, 9.17) is 20.9 Å². The number of carbonyl (C=O) groups excluding carboxylic acids is 1. The Morgan fingerprint density at radius 2 is 2.20 bits per heavy atom. The van der Waals surface area contributed by atoms with Crippen molar-refractivity contribution < 1.29 is 37.3 Å². The first kappa shape index (κ1) is 27.8. The van der Waals surface area contributed by atoms with Crippen molar-refractivity contribution in [3.8, 4) is 12.3 Å². The van der Waals surface area contributed by atoms with Crippen LogP contribution in [0.15, 0.2) is 46.0 Å². The van der Waals surface area contributed by atoms with Crippen molar-refractivity contribution in [1.29, 1.82) is 0 Å². The molecule has 5 rings (SSSR count). The van der Waals surface area contributed by atoms with Gasteiger partial charge in [-0.3, -0.25) is 14.7 Å². The highest BCUT2D eigenvalue weighted by Crippen LogP contribution is 2.58. The van der Waals surface area contributed by atoms with Crippen LogP contribution in [0.25, 0.3) is 0 Å². The van der Waals surface area contributed by atoms with Gasteiger partial charge in [0, 0.05) is 42.5 Å². The number of halogens is 3. The average Bonchev–Trinajstić information content (AvgIpc) is 3.23. The SMILES string of the molecule is C#Cc1cc(F)ccc1[C@@H]1N=C(c2nccs2)NC(CN2CCO[C@H](C3C(C(=O)O)C3(F)F)C2)=C1C(=O)OCC. The molecule has 2 aliphatic heterocycles. The van der Waals surface area contributed by atoms with Crippen LogP contribution in [-0.2, 0) is 19.1 Å². The third kappa shape index (κ3) is 5.22. The van der Waals surface area contributed by atoms with E-state index >= 15 is 0 Å². The molecule has 2 N–H and O–H groups in total. The van der Waals surface area contributed by atoms with E-state index in [-0.39, 0.29) is 37.4 Å². The van der Waals surface area contributed by atoms with Crippen molar-refractivity contribution in [3.63, 3.8) is 0 Å². The van der Waals surface area contributed by atoms with Crippen molar-refractivity contribution >= 4 is 29.1 Å². The maximum absolute atomic E-state index is 14.3. The summed E-state index contributed by atoms with van der Waals surface area (Å²) in [6.45, 7) is 2.27. The van der Waals surface area contributed by atoms with Crippen molar-refractivity contribution in [2.45, 2.75) is 25.0 Å². The number of ether oxygens (including phenoxy) is 2. The van der Waals surface area contributed by atoms with Gasteiger partial charge in [-0.2, -0.15) is 0 Å². The van der Waals surface area contributed by atoms with Gasteiger partial charge < -0.3 is 19.9 Å². The molecule has 0 amide bonds. The number of carbonyl (C=O) groups is 2. The van der Waals surface area contributed by atoms with Gasteiger partial charge in [-0.1, -0.05) is 12.0 Å². The molecule has 2 fully saturated rings. The molecule has 2 aromatic rings. The Morgan fingerprint density at radius 1 is 1.40 bits per heavy atom. The number of rotatable bonds is 8. The minimum Gasteiger partial charge on any atom is -0.481 e. The number of morpholine rings is 1. The fourth-order valence-electron chi connectivity index (χ4n) is 5.18. The van der Waals surface area contributed by atoms with Crippen molar-refractivity contribution in [2.24, 2.45) is 16.8 Å². The number of hydrogen-bond donors (Lipinski definition) is 2. The Hall–Kier alpha value is -3.73. The second-order valence-electron chi connectivity index (χ2n) is 9.49. The summed E-state index contributed by atoms with van der Waals surface area (Å²) in [6, 6.07) is 2.90. The van der Waals surface area contributed by atoms with Gasteiger partial charge in [0.15, 0.2) is 10.8 Å². The summed E-state index contributed by atoms with van der Waals surface area (Å²) in [6.07, 6.45) is 6.26. The molecule has 2 unspecified atom stereocenters. The van der Waals surface area contributed by atoms with Gasteiger partial charge in [-0.15, -0.1) is 17.8 Å². The highest BCUT2D eigenvalue weighted by molar-refractivity contribution is 7.11. The monoisotopic (exact) mass is 574 g/mol. The van der Waals surface area contributed by atoms with Crippen LogP contribution in [0.3, 0.4) is 0 Å². The number of esters is 1. The predicted molar refractivity (Wildman–Crippen MR) is 138 cm³/mol. The summed E-state index contributed by atoms with van der Waals surface area (Å²) in [5.41, 5.74) is 1.13. The molecule has 0 spiro atoms. The fraction of sp³-hybridized carbons (Fsp3) is 0.407. The van der Waals surface area contributed by atoms with Gasteiger partial charge >= 0.3 is 11.9 Å². The zero-order valence-corrected chi connectivity index (χ0v) is 22.1. The number of nitrogens with one attached hydrogen (secondary N) is 1. The lowest BCUT2D eigenvalue weighted by Crippen LogP contribution is -2.47. The van der Waals surface area contributed by atoms with Gasteiger partial charge in [0.05, 0.1) is 30.8 Å². The Labute approximate surface area is 231 Å². The van der Waals surface area contributed by atoms with Gasteiger partial charge in [0.2, 0.25) is 0 Å². The van der Waals surface area contributed by atoms with Crippen LogP contribution in [-0.4, -0.2) is 77.6 Å². The van der Waals surface area contributed by atoms with Crippen LogP contribution in [0.4, 0.5) is 13.2 Å². The number of thiazole rings is 1. The third-order valence-corrected chi connectivity index (χ3v) is 7.84. The van der Waals surface area contributed by atoms with Gasteiger partial charge in [-0.05, 0) is 24.6 Å². The number of amidine groups is 1. The lowest BCUT2D eigenvalue weighted by molar-refractivity contribution is -0.141. The minimum absolute atomic E-state index is 0.0197. The second-order valence-corrected chi connectivity index (χ2v) is 10.4. The summed E-state index contributed by atoms with van der Waals surface area (Å²) in [4.78, 5) is 35.5. The van der Waals surface area contributed by atoms with E-state index < -0.39 is 47.7 Å². The third-order valence-electron chi connectivity index (χ3n) is 7.06. The summed E-state index contributed by atoms with van der Waals surface area (Å²) in [5.74, 6) is -6.58. The fourth-order valence-corrected chi connectivity index (χ4v) is 5.77. The number of carboxylic acids is 1. The molecule has 1 aromatic carbocycles. The topological polar surface area (TPSA) is 113 Å². The summed E-state index contributed by atoms with van der Waals surface area (Å²) in [5, 5.41) is 14.7. The van der Waals surface area contributed by atoms with Crippen molar-refractivity contribution in [1.82, 2.24) is 15.2 Å². The molecule has 40 heavy (non-hydrogen) atoms. The molecule has 13 heteroatoms. The van der Waals surface area contributed by atoms with Crippen LogP contribution >= 0.6 is 11.3 Å². The molecule has 9 nitrogen and oxygen atoms in total. The van der Waals surface area contributed by atoms with Crippen LogP contribution in [0.2, 0.25) is 0 Å². The first-order valence-corrected chi connectivity index (χ1v) is 13.4. The summed E-state index contributed by atoms with van der Waals surface area (Å²) >= 11 is 1.31. The first-order valence-electron chi connectivity index (χ1n) is 12.5. The molecule has 3 aliphatic rings. The number of benzene rings is 1. The average molecular weight is 575 g/mol. The zero-order chi connectivity index (χ0) is 28.6. The maximum Gasteiger partial charge on any atom is 0.338 e. The highest BCUT2D eigenvalue weighted by atomic mass is 32.1. The molecule has 1 saturated carbocycles. The molecule has 210 valence electrons. The van der Waals surface area contributed by atoms with Gasteiger partial charge in [0.25, 0.3) is 5.92 Å². The van der Waals surface area contributed by atoms with E-state index in [1.165, 1.54) is 29.5 Å². The molecule has 3 heterocycles. The van der Waals surface area contributed by atoms with Crippen LogP contribution in [0.5, 0.6) is 0 Å². The number of aliphatic carboxylic acids is 1. The summed E-state index contributed by atoms with van der Waals surface area (Å²) < 4.78 is 53.5. The van der Waals surface area contributed by atoms with E-state index in [0.717, 1.165) is 0 Å². The van der Waals surface area contributed by atoms with Crippen LogP contribution in [0, 0.1) is 30.0 Å². The summed E-state index contributed by atoms with van der Waals surface area (Å²) in [7, 11) is 0. The number of terminal acetylenes is 1. The Balaban J connectivity index is 1.52. The molecule has 1 aromatic heterocycles. The molecule has 1 aliphatic carbocycles. The van der Waals surface area contributed by atoms with Gasteiger partial charge in [-0.25, -0.2) is 22.9 Å². The normalized spacial score (nSPS) is 25.9. The van der Waals surface area contributed by atoms with Crippen molar-refractivity contribution in [2.75, 3.05) is 32.8 Å². The lowest BCUT2D eigenvalue weighted by atomic mass is 9.92. The zero-order valence-electron chi connectivity index (χ0n) is 21.3. The standard InChI is InChI=1S/C27H25F3N4O5S/c1-3-14-11-15(28)5-6-16(14)22-19(26(37)38-4-2)17(32-23(33-22)24-31-7-10-40-24)12-34-8-9-39-18(13-34)20-21(25(35)36)27(20,29)30/h1,5-7,10-11,18,20-22H,4,8-9,12-13H2,2H3,(H,32,33)(H,35,36)/t18-,20?,21?,22-/m0/s1. The van der Waals surface area contributed by atoms with Crippen LogP contribution < -0.4 is 5.32 Å². The number of alkyl halides is 2. The lowest BCUT2D eigenvalue weighted by Gasteiger charge is -2.35. The predicted octanol–water partition coefficient (Wildman–Crippen LogP) is 2.84. The second kappa shape index (κ2) is 11.0. The molecular formula is C27H25F3N4O5S. The van der Waals surface area contributed by atoms with Crippen LogP contribution in [0.1, 0.15) is 29.1 Å². The van der Waals surface area contributed by atoms with E-state index in [1.807, 2.05) is 0 Å². The van der Waals surface area contributed by atoms with E-state index in [1.54, 1.807) is 23.4 Å². The maximum atomic E-state index is 14.3. The minimum atomic E-state index is -3.36. The Kier molecular flexibility index (Phi) is 7.67. The van der Waals surface area contributed by atoms with Crippen molar-refractivity contribution in [3.05, 3.63) is 63.0 Å². The smallest absolute Gasteiger partial charge is 0.338 e. The number of hydrogen-bond acceptors (Lipinski definition) is 9.